The smallest absolute Gasteiger partial charge is 0.251 e. The normalized spacial score (nSPS) is 17.4. The number of carbonyl (C=O) groups excluding carboxylic acids is 1. The molecule has 1 aromatic carbocycles. The Morgan fingerprint density at radius 3 is 2.36 bits per heavy atom. The second-order valence-corrected chi connectivity index (χ2v) is 7.62. The lowest BCUT2D eigenvalue weighted by Gasteiger charge is -2.13. The fraction of sp³-hybridized carbons (Fsp3) is 0.562. The first-order valence-corrected chi connectivity index (χ1v) is 9.34. The van der Waals surface area contributed by atoms with Gasteiger partial charge in [0.1, 0.15) is 0 Å². The predicted octanol–water partition coefficient (Wildman–Crippen LogP) is 2.44. The maximum Gasteiger partial charge on any atom is 0.251 e. The lowest BCUT2D eigenvalue weighted by molar-refractivity contribution is 0.0939. The Morgan fingerprint density at radius 2 is 1.82 bits per heavy atom. The van der Waals surface area contributed by atoms with E-state index in [-0.39, 0.29) is 22.9 Å². The van der Waals surface area contributed by atoms with Gasteiger partial charge in [-0.25, -0.2) is 13.1 Å². The van der Waals surface area contributed by atoms with Crippen LogP contribution in [0.2, 0.25) is 0 Å². The van der Waals surface area contributed by atoms with Crippen LogP contribution >= 0.6 is 0 Å². The van der Waals surface area contributed by atoms with Crippen molar-refractivity contribution in [3.8, 4) is 0 Å². The summed E-state index contributed by atoms with van der Waals surface area (Å²) in [6.45, 7) is 3.93. The Bertz CT molecular complexity index is 605. The second kappa shape index (κ2) is 7.24. The topological polar surface area (TPSA) is 75.3 Å². The van der Waals surface area contributed by atoms with Gasteiger partial charge >= 0.3 is 0 Å². The summed E-state index contributed by atoms with van der Waals surface area (Å²) >= 11 is 0. The van der Waals surface area contributed by atoms with Gasteiger partial charge in [0.25, 0.3) is 5.91 Å². The summed E-state index contributed by atoms with van der Waals surface area (Å²) in [5.41, 5.74) is 0.472. The van der Waals surface area contributed by atoms with Crippen molar-refractivity contribution in [1.82, 2.24) is 10.0 Å². The van der Waals surface area contributed by atoms with Gasteiger partial charge in [0.2, 0.25) is 10.0 Å². The average Bonchev–Trinajstić information content (AvgIpc) is 2.99. The van der Waals surface area contributed by atoms with Gasteiger partial charge in [0, 0.05) is 17.6 Å². The molecule has 2 N–H and O–H groups in total. The predicted molar refractivity (Wildman–Crippen MR) is 86.2 cm³/mol. The van der Waals surface area contributed by atoms with Gasteiger partial charge in [-0.3, -0.25) is 4.79 Å². The molecule has 1 unspecified atom stereocenters. The number of hydrogen-bond acceptors (Lipinski definition) is 3. The maximum atomic E-state index is 12.3. The number of hydrogen-bond donors (Lipinski definition) is 2. The highest BCUT2D eigenvalue weighted by Crippen LogP contribution is 2.20. The molecule has 122 valence electrons. The minimum atomic E-state index is -3.50. The maximum absolute atomic E-state index is 12.3. The van der Waals surface area contributed by atoms with Gasteiger partial charge < -0.3 is 5.32 Å². The van der Waals surface area contributed by atoms with E-state index in [1.54, 1.807) is 12.1 Å². The molecule has 6 heteroatoms. The zero-order valence-corrected chi connectivity index (χ0v) is 13.9. The van der Waals surface area contributed by atoms with Gasteiger partial charge in [0.15, 0.2) is 0 Å². The molecule has 0 saturated heterocycles. The van der Waals surface area contributed by atoms with E-state index >= 15 is 0 Å². The standard InChI is InChI=1S/C16H24N2O3S/c1-3-12(2)17-16(19)13-8-10-15(11-9-13)22(20,21)18-14-6-4-5-7-14/h8-12,14,18H,3-7H2,1-2H3,(H,17,19). The van der Waals surface area contributed by atoms with Gasteiger partial charge in [-0.05, 0) is 50.5 Å². The summed E-state index contributed by atoms with van der Waals surface area (Å²) in [5, 5.41) is 2.86. The number of nitrogens with one attached hydrogen (secondary N) is 2. The van der Waals surface area contributed by atoms with E-state index in [1.165, 1.54) is 12.1 Å². The molecule has 2 rings (SSSR count). The molecule has 0 aromatic heterocycles. The van der Waals surface area contributed by atoms with Crippen molar-refractivity contribution in [2.45, 2.75) is 62.9 Å². The van der Waals surface area contributed by atoms with Crippen molar-refractivity contribution in [1.29, 1.82) is 0 Å². The van der Waals surface area contributed by atoms with Crippen molar-refractivity contribution in [3.63, 3.8) is 0 Å². The van der Waals surface area contributed by atoms with Crippen LogP contribution in [0, 0.1) is 0 Å². The van der Waals surface area contributed by atoms with Crippen LogP contribution in [0.3, 0.4) is 0 Å². The number of amides is 1. The van der Waals surface area contributed by atoms with E-state index in [2.05, 4.69) is 10.0 Å². The minimum Gasteiger partial charge on any atom is -0.350 e. The zero-order valence-electron chi connectivity index (χ0n) is 13.1. The molecule has 1 amide bonds. The molecule has 0 radical (unpaired) electrons. The molecular formula is C16H24N2O3S. The van der Waals surface area contributed by atoms with Crippen molar-refractivity contribution in [2.24, 2.45) is 0 Å². The van der Waals surface area contributed by atoms with E-state index < -0.39 is 10.0 Å². The van der Waals surface area contributed by atoms with E-state index in [1.807, 2.05) is 13.8 Å². The van der Waals surface area contributed by atoms with Crippen LogP contribution in [0.15, 0.2) is 29.2 Å². The first kappa shape index (κ1) is 17.0. The average molecular weight is 324 g/mol. The lowest BCUT2D eigenvalue weighted by Crippen LogP contribution is -2.33. The highest BCUT2D eigenvalue weighted by atomic mass is 32.2. The van der Waals surface area contributed by atoms with Crippen LogP contribution in [0.4, 0.5) is 0 Å². The molecule has 22 heavy (non-hydrogen) atoms. The first-order valence-electron chi connectivity index (χ1n) is 7.85. The van der Waals surface area contributed by atoms with Crippen LogP contribution < -0.4 is 10.0 Å². The van der Waals surface area contributed by atoms with Gasteiger partial charge in [0.05, 0.1) is 4.90 Å². The molecule has 1 aromatic rings. The molecule has 0 spiro atoms. The van der Waals surface area contributed by atoms with E-state index in [4.69, 9.17) is 0 Å². The molecule has 1 fully saturated rings. The largest absolute Gasteiger partial charge is 0.350 e. The van der Waals surface area contributed by atoms with E-state index in [0.29, 0.717) is 5.56 Å². The third kappa shape index (κ3) is 4.30. The monoisotopic (exact) mass is 324 g/mol. The summed E-state index contributed by atoms with van der Waals surface area (Å²) in [5.74, 6) is -0.179. The summed E-state index contributed by atoms with van der Waals surface area (Å²) in [6, 6.07) is 6.23. The molecule has 0 heterocycles. The Kier molecular flexibility index (Phi) is 5.58. The fourth-order valence-electron chi connectivity index (χ4n) is 2.53. The molecule has 1 atom stereocenters. The van der Waals surface area contributed by atoms with Crippen LogP contribution in [0.5, 0.6) is 0 Å². The first-order chi connectivity index (χ1) is 10.4. The third-order valence-electron chi connectivity index (χ3n) is 4.09. The number of rotatable bonds is 6. The van der Waals surface area contributed by atoms with Crippen LogP contribution in [0.25, 0.3) is 0 Å². The number of carbonyl (C=O) groups is 1. The Hall–Kier alpha value is -1.40. The highest BCUT2D eigenvalue weighted by molar-refractivity contribution is 7.89. The minimum absolute atomic E-state index is 0.0402. The fourth-order valence-corrected chi connectivity index (χ4v) is 3.83. The summed E-state index contributed by atoms with van der Waals surface area (Å²) < 4.78 is 27.3. The van der Waals surface area contributed by atoms with Crippen molar-refractivity contribution in [2.75, 3.05) is 0 Å². The van der Waals surface area contributed by atoms with Crippen LogP contribution in [-0.4, -0.2) is 26.4 Å². The van der Waals surface area contributed by atoms with Gasteiger partial charge in [-0.1, -0.05) is 19.8 Å². The van der Waals surface area contributed by atoms with Crippen LogP contribution in [0.1, 0.15) is 56.3 Å². The molecule has 1 aliphatic carbocycles. The molecule has 0 bridgehead atoms. The Labute approximate surface area is 132 Å². The van der Waals surface area contributed by atoms with Crippen molar-refractivity contribution in [3.05, 3.63) is 29.8 Å². The summed E-state index contributed by atoms with van der Waals surface area (Å²) in [6.07, 6.45) is 4.79. The van der Waals surface area contributed by atoms with Gasteiger partial charge in [-0.15, -0.1) is 0 Å². The molecule has 1 aliphatic rings. The highest BCUT2D eigenvalue weighted by Gasteiger charge is 2.23. The SMILES string of the molecule is CCC(C)NC(=O)c1ccc(S(=O)(=O)NC2CCCC2)cc1. The number of sulfonamides is 1. The van der Waals surface area contributed by atoms with E-state index in [9.17, 15) is 13.2 Å². The second-order valence-electron chi connectivity index (χ2n) is 5.91. The van der Waals surface area contributed by atoms with Crippen molar-refractivity contribution >= 4 is 15.9 Å². The lowest BCUT2D eigenvalue weighted by atomic mass is 10.2. The molecule has 0 aliphatic heterocycles. The molecular weight excluding hydrogens is 300 g/mol. The third-order valence-corrected chi connectivity index (χ3v) is 5.63. The van der Waals surface area contributed by atoms with Crippen LogP contribution in [-0.2, 0) is 10.0 Å². The Balaban J connectivity index is 2.05. The number of benzene rings is 1. The summed E-state index contributed by atoms with van der Waals surface area (Å²) in [4.78, 5) is 12.2. The van der Waals surface area contributed by atoms with Crippen molar-refractivity contribution < 1.29 is 13.2 Å². The van der Waals surface area contributed by atoms with E-state index in [0.717, 1.165) is 32.1 Å². The Morgan fingerprint density at radius 1 is 1.23 bits per heavy atom. The zero-order chi connectivity index (χ0) is 16.2. The quantitative estimate of drug-likeness (QED) is 0.844. The molecule has 1 saturated carbocycles. The molecule has 5 nitrogen and oxygen atoms in total. The van der Waals surface area contributed by atoms with Gasteiger partial charge in [-0.2, -0.15) is 0 Å². The summed E-state index contributed by atoms with van der Waals surface area (Å²) in [7, 11) is -3.50.